The number of anilines is 1. The number of aromatic nitrogens is 1. The lowest BCUT2D eigenvalue weighted by Gasteiger charge is -2.02. The molecule has 0 unspecified atom stereocenters. The quantitative estimate of drug-likeness (QED) is 0.736. The normalized spacial score (nSPS) is 10.5. The van der Waals surface area contributed by atoms with Crippen molar-refractivity contribution in [1.82, 2.24) is 4.98 Å². The van der Waals surface area contributed by atoms with Crippen molar-refractivity contribution in [2.24, 2.45) is 5.73 Å². The Bertz CT molecular complexity index is 716. The summed E-state index contributed by atoms with van der Waals surface area (Å²) in [6.45, 7) is 0. The molecule has 0 saturated heterocycles. The average Bonchev–Trinajstić information content (AvgIpc) is 2.82. The highest BCUT2D eigenvalue weighted by Crippen LogP contribution is 2.25. The number of nitrogens with two attached hydrogens (primary N) is 1. The number of rotatable bonds is 2. The van der Waals surface area contributed by atoms with Crippen LogP contribution in [0, 0.1) is 0 Å². The van der Waals surface area contributed by atoms with Crippen LogP contribution in [0.5, 0.6) is 0 Å². The van der Waals surface area contributed by atoms with Crippen molar-refractivity contribution >= 4 is 22.8 Å². The summed E-state index contributed by atoms with van der Waals surface area (Å²) in [7, 11) is 0. The minimum absolute atomic E-state index is 0.509. The van der Waals surface area contributed by atoms with Gasteiger partial charge >= 0.3 is 6.03 Å². The van der Waals surface area contributed by atoms with Crippen molar-refractivity contribution < 1.29 is 9.21 Å². The monoisotopic (exact) mass is 253 g/mol. The topological polar surface area (TPSA) is 81.2 Å². The molecule has 19 heavy (non-hydrogen) atoms. The largest absolute Gasteiger partial charge is 0.436 e. The third-order valence-corrected chi connectivity index (χ3v) is 2.67. The molecule has 0 aliphatic carbocycles. The molecule has 0 radical (unpaired) electrons. The molecule has 5 heteroatoms. The van der Waals surface area contributed by atoms with Crippen molar-refractivity contribution in [3.63, 3.8) is 0 Å². The molecule has 0 saturated carbocycles. The number of benzene rings is 2. The van der Waals surface area contributed by atoms with E-state index in [1.54, 1.807) is 18.2 Å². The lowest BCUT2D eigenvalue weighted by molar-refractivity contribution is 0.259. The van der Waals surface area contributed by atoms with Gasteiger partial charge in [-0.15, -0.1) is 0 Å². The molecule has 2 aromatic carbocycles. The van der Waals surface area contributed by atoms with E-state index in [4.69, 9.17) is 10.2 Å². The Hall–Kier alpha value is -2.82. The van der Waals surface area contributed by atoms with Crippen LogP contribution in [0.15, 0.2) is 52.9 Å². The first-order chi connectivity index (χ1) is 9.22. The summed E-state index contributed by atoms with van der Waals surface area (Å²) < 4.78 is 5.66. The van der Waals surface area contributed by atoms with Gasteiger partial charge in [-0.3, -0.25) is 0 Å². The van der Waals surface area contributed by atoms with Gasteiger partial charge in [-0.05, 0) is 30.3 Å². The number of carbonyl (C=O) groups excluding carboxylic acids is 1. The summed E-state index contributed by atoms with van der Waals surface area (Å²) in [6.07, 6.45) is 0. The summed E-state index contributed by atoms with van der Waals surface area (Å²) in [4.78, 5) is 15.2. The first kappa shape index (κ1) is 11.3. The number of carbonyl (C=O) groups is 1. The molecule has 1 heterocycles. The minimum Gasteiger partial charge on any atom is -0.436 e. The van der Waals surface area contributed by atoms with Crippen LogP contribution in [0.25, 0.3) is 22.6 Å². The van der Waals surface area contributed by atoms with Gasteiger partial charge in [0.05, 0.1) is 0 Å². The molecule has 94 valence electrons. The number of hydrogen-bond acceptors (Lipinski definition) is 3. The Morgan fingerprint density at radius 2 is 2.00 bits per heavy atom. The van der Waals surface area contributed by atoms with Gasteiger partial charge in [0.25, 0.3) is 0 Å². The van der Waals surface area contributed by atoms with Gasteiger partial charge in [0, 0.05) is 11.3 Å². The van der Waals surface area contributed by atoms with Crippen LogP contribution in [0.4, 0.5) is 10.5 Å². The number of hydrogen-bond donors (Lipinski definition) is 2. The average molecular weight is 253 g/mol. The maximum absolute atomic E-state index is 10.8. The molecular formula is C14H11N3O2. The molecule has 0 aliphatic rings. The Morgan fingerprint density at radius 1 is 1.16 bits per heavy atom. The smallest absolute Gasteiger partial charge is 0.316 e. The highest BCUT2D eigenvalue weighted by Gasteiger charge is 2.08. The number of fused-ring (bicyclic) bond motifs is 1. The van der Waals surface area contributed by atoms with E-state index in [0.29, 0.717) is 11.6 Å². The summed E-state index contributed by atoms with van der Waals surface area (Å²) in [6, 6.07) is 14.1. The van der Waals surface area contributed by atoms with Gasteiger partial charge in [-0.2, -0.15) is 0 Å². The highest BCUT2D eigenvalue weighted by atomic mass is 16.3. The van der Waals surface area contributed by atoms with Crippen molar-refractivity contribution in [3.05, 3.63) is 48.5 Å². The molecule has 0 atom stereocenters. The van der Waals surface area contributed by atoms with E-state index in [-0.39, 0.29) is 0 Å². The predicted octanol–water partition coefficient (Wildman–Crippen LogP) is 2.99. The van der Waals surface area contributed by atoms with Gasteiger partial charge in [0.15, 0.2) is 5.58 Å². The predicted molar refractivity (Wildman–Crippen MR) is 72.7 cm³/mol. The minimum atomic E-state index is -0.602. The Kier molecular flexibility index (Phi) is 2.64. The summed E-state index contributed by atoms with van der Waals surface area (Å²) in [5, 5.41) is 2.52. The van der Waals surface area contributed by atoms with Gasteiger partial charge in [0.1, 0.15) is 5.52 Å². The van der Waals surface area contributed by atoms with Crippen LogP contribution in [-0.2, 0) is 0 Å². The van der Waals surface area contributed by atoms with Crippen molar-refractivity contribution in [1.29, 1.82) is 0 Å². The number of nitrogens with zero attached hydrogens (tertiary/aromatic N) is 1. The second-order valence-corrected chi connectivity index (χ2v) is 4.06. The zero-order valence-electron chi connectivity index (χ0n) is 9.96. The first-order valence-corrected chi connectivity index (χ1v) is 5.75. The zero-order valence-corrected chi connectivity index (χ0v) is 9.96. The van der Waals surface area contributed by atoms with Crippen LogP contribution >= 0.6 is 0 Å². The van der Waals surface area contributed by atoms with Crippen LogP contribution in [0.1, 0.15) is 0 Å². The SMILES string of the molecule is NC(=O)Nc1cccc(-c2nc3ccccc3o2)c1. The molecule has 5 nitrogen and oxygen atoms in total. The molecule has 3 N–H and O–H groups in total. The number of nitrogens with one attached hydrogen (secondary N) is 1. The van der Waals surface area contributed by atoms with Gasteiger partial charge in [-0.25, -0.2) is 9.78 Å². The molecular weight excluding hydrogens is 242 g/mol. The van der Waals surface area contributed by atoms with E-state index >= 15 is 0 Å². The maximum Gasteiger partial charge on any atom is 0.316 e. The second kappa shape index (κ2) is 4.45. The third-order valence-electron chi connectivity index (χ3n) is 2.67. The lowest BCUT2D eigenvalue weighted by atomic mass is 10.2. The molecule has 1 aromatic heterocycles. The Morgan fingerprint density at radius 3 is 2.79 bits per heavy atom. The summed E-state index contributed by atoms with van der Waals surface area (Å²) in [5.74, 6) is 0.509. The van der Waals surface area contributed by atoms with Crippen molar-refractivity contribution in [3.8, 4) is 11.5 Å². The highest BCUT2D eigenvalue weighted by molar-refractivity contribution is 5.88. The molecule has 0 spiro atoms. The van der Waals surface area contributed by atoms with Gasteiger partial charge in [-0.1, -0.05) is 18.2 Å². The van der Waals surface area contributed by atoms with Gasteiger partial charge < -0.3 is 15.5 Å². The second-order valence-electron chi connectivity index (χ2n) is 4.06. The van der Waals surface area contributed by atoms with Crippen LogP contribution in [0.3, 0.4) is 0 Å². The number of amides is 2. The molecule has 0 fully saturated rings. The zero-order chi connectivity index (χ0) is 13.2. The summed E-state index contributed by atoms with van der Waals surface area (Å²) >= 11 is 0. The Balaban J connectivity index is 2.03. The molecule has 3 rings (SSSR count). The van der Waals surface area contributed by atoms with Gasteiger partial charge in [0.2, 0.25) is 5.89 Å². The van der Waals surface area contributed by atoms with Crippen LogP contribution in [0.2, 0.25) is 0 Å². The molecule has 0 bridgehead atoms. The number of para-hydroxylation sites is 2. The van der Waals surface area contributed by atoms with E-state index in [0.717, 1.165) is 16.7 Å². The van der Waals surface area contributed by atoms with E-state index in [9.17, 15) is 4.79 Å². The number of oxazole rings is 1. The van der Waals surface area contributed by atoms with E-state index in [2.05, 4.69) is 10.3 Å². The Labute approximate surface area is 109 Å². The van der Waals surface area contributed by atoms with E-state index < -0.39 is 6.03 Å². The number of urea groups is 1. The van der Waals surface area contributed by atoms with E-state index in [1.165, 1.54) is 0 Å². The summed E-state index contributed by atoms with van der Waals surface area (Å²) in [5.41, 5.74) is 7.99. The first-order valence-electron chi connectivity index (χ1n) is 5.75. The molecule has 3 aromatic rings. The third kappa shape index (κ3) is 2.26. The van der Waals surface area contributed by atoms with Crippen LogP contribution < -0.4 is 11.1 Å². The van der Waals surface area contributed by atoms with Crippen molar-refractivity contribution in [2.75, 3.05) is 5.32 Å². The fourth-order valence-corrected chi connectivity index (χ4v) is 1.87. The fourth-order valence-electron chi connectivity index (χ4n) is 1.87. The molecule has 2 amide bonds. The van der Waals surface area contributed by atoms with Crippen molar-refractivity contribution in [2.45, 2.75) is 0 Å². The van der Waals surface area contributed by atoms with E-state index in [1.807, 2.05) is 30.3 Å². The maximum atomic E-state index is 10.8. The lowest BCUT2D eigenvalue weighted by Crippen LogP contribution is -2.19. The van der Waals surface area contributed by atoms with Crippen LogP contribution in [-0.4, -0.2) is 11.0 Å². The standard InChI is InChI=1S/C14H11N3O2/c15-14(18)16-10-5-3-4-9(8-10)13-17-11-6-1-2-7-12(11)19-13/h1-8H,(H3,15,16,18). The molecule has 0 aliphatic heterocycles. The fraction of sp³-hybridized carbons (Fsp3) is 0. The number of primary amides is 1.